The van der Waals surface area contributed by atoms with Crippen LogP contribution >= 0.6 is 0 Å². The Labute approximate surface area is 141 Å². The lowest BCUT2D eigenvalue weighted by Gasteiger charge is -2.33. The van der Waals surface area contributed by atoms with Crippen LogP contribution in [0.25, 0.3) is 0 Å². The summed E-state index contributed by atoms with van der Waals surface area (Å²) in [6.07, 6.45) is 4.16. The largest absolute Gasteiger partial charge is 0.466 e. The van der Waals surface area contributed by atoms with Crippen molar-refractivity contribution in [3.63, 3.8) is 0 Å². The minimum Gasteiger partial charge on any atom is -0.466 e. The molecule has 134 valence electrons. The molecule has 6 heteroatoms. The number of unbranched alkanes of at least 4 members (excludes halogenated alkanes) is 1. The van der Waals surface area contributed by atoms with Crippen LogP contribution in [-0.4, -0.2) is 75.2 Å². The number of hydrogen-bond donors (Lipinski definition) is 1. The lowest BCUT2D eigenvalue weighted by Crippen LogP contribution is -2.48. The molecule has 0 amide bonds. The van der Waals surface area contributed by atoms with Gasteiger partial charge in [-0.05, 0) is 39.8 Å². The average Bonchev–Trinajstić information content (AvgIpc) is 2.57. The number of likely N-dealkylation sites (N-methyl/N-ethyl adjacent to an activating group) is 1. The quantitative estimate of drug-likeness (QED) is 0.417. The van der Waals surface area contributed by atoms with Crippen LogP contribution in [0.3, 0.4) is 0 Å². The van der Waals surface area contributed by atoms with Crippen LogP contribution in [0.5, 0.6) is 0 Å². The summed E-state index contributed by atoms with van der Waals surface area (Å²) in [6.45, 7) is 9.30. The fourth-order valence-electron chi connectivity index (χ4n) is 2.82. The van der Waals surface area contributed by atoms with E-state index in [1.807, 2.05) is 14.0 Å². The van der Waals surface area contributed by atoms with Gasteiger partial charge in [0, 0.05) is 33.2 Å². The molecule has 0 aromatic carbocycles. The van der Waals surface area contributed by atoms with Crippen molar-refractivity contribution < 1.29 is 9.53 Å². The highest BCUT2D eigenvalue weighted by Crippen LogP contribution is 2.18. The molecule has 1 saturated heterocycles. The molecule has 0 aromatic rings. The molecule has 1 aliphatic rings. The second-order valence-corrected chi connectivity index (χ2v) is 6.14. The highest BCUT2D eigenvalue weighted by atomic mass is 16.5. The number of aliphatic imine (C=N–C) groups is 1. The summed E-state index contributed by atoms with van der Waals surface area (Å²) in [4.78, 5) is 20.7. The molecule has 0 radical (unpaired) electrons. The van der Waals surface area contributed by atoms with Gasteiger partial charge in [-0.15, -0.1) is 0 Å². The number of hydrogen-bond acceptors (Lipinski definition) is 4. The van der Waals surface area contributed by atoms with Crippen LogP contribution in [0.15, 0.2) is 4.99 Å². The molecule has 6 nitrogen and oxygen atoms in total. The molecular formula is C17H34N4O2. The van der Waals surface area contributed by atoms with Gasteiger partial charge >= 0.3 is 5.97 Å². The fourth-order valence-corrected chi connectivity index (χ4v) is 2.82. The summed E-state index contributed by atoms with van der Waals surface area (Å²) in [5.74, 6) is 0.938. The zero-order chi connectivity index (χ0) is 17.1. The number of nitrogens with zero attached hydrogens (tertiary/aromatic N) is 3. The molecule has 1 fully saturated rings. The molecule has 0 spiro atoms. The Hall–Kier alpha value is -1.30. The maximum Gasteiger partial charge on any atom is 0.309 e. The molecule has 1 rings (SSSR count). The molecule has 23 heavy (non-hydrogen) atoms. The number of guanidine groups is 1. The van der Waals surface area contributed by atoms with E-state index in [-0.39, 0.29) is 11.9 Å². The van der Waals surface area contributed by atoms with Gasteiger partial charge in [0.1, 0.15) is 0 Å². The van der Waals surface area contributed by atoms with Crippen molar-refractivity contribution in [3.05, 3.63) is 0 Å². The van der Waals surface area contributed by atoms with Gasteiger partial charge in [-0.25, -0.2) is 0 Å². The Morgan fingerprint density at radius 3 is 2.57 bits per heavy atom. The third-order valence-corrected chi connectivity index (χ3v) is 4.30. The third kappa shape index (κ3) is 7.20. The van der Waals surface area contributed by atoms with Crippen LogP contribution in [0, 0.1) is 5.92 Å². The van der Waals surface area contributed by atoms with E-state index in [0.29, 0.717) is 6.61 Å². The Kier molecular flexibility index (Phi) is 9.67. The van der Waals surface area contributed by atoms with E-state index >= 15 is 0 Å². The van der Waals surface area contributed by atoms with Gasteiger partial charge in [0.05, 0.1) is 12.5 Å². The summed E-state index contributed by atoms with van der Waals surface area (Å²) in [5, 5.41) is 3.43. The van der Waals surface area contributed by atoms with Crippen molar-refractivity contribution in [2.24, 2.45) is 10.9 Å². The molecule has 1 heterocycles. The fraction of sp³-hybridized carbons (Fsp3) is 0.882. The summed E-state index contributed by atoms with van der Waals surface area (Å²) < 4.78 is 5.12. The van der Waals surface area contributed by atoms with Crippen LogP contribution in [0.1, 0.15) is 39.5 Å². The van der Waals surface area contributed by atoms with Crippen molar-refractivity contribution in [2.45, 2.75) is 39.5 Å². The molecule has 0 aliphatic carbocycles. The number of carbonyl (C=O) groups is 1. The molecule has 0 saturated carbocycles. The van der Waals surface area contributed by atoms with Crippen LogP contribution in [0.4, 0.5) is 0 Å². The van der Waals surface area contributed by atoms with Crippen LogP contribution < -0.4 is 5.32 Å². The Morgan fingerprint density at radius 1 is 1.30 bits per heavy atom. The maximum atomic E-state index is 11.8. The van der Waals surface area contributed by atoms with Crippen molar-refractivity contribution in [1.82, 2.24) is 15.1 Å². The first-order valence-corrected chi connectivity index (χ1v) is 8.93. The summed E-state index contributed by atoms with van der Waals surface area (Å²) >= 11 is 0. The Bertz CT molecular complexity index is 366. The number of rotatable bonds is 8. The molecule has 1 aliphatic heterocycles. The minimum atomic E-state index is -0.0485. The van der Waals surface area contributed by atoms with Gasteiger partial charge in [0.15, 0.2) is 5.96 Å². The molecule has 0 bridgehead atoms. The van der Waals surface area contributed by atoms with Crippen molar-refractivity contribution in [3.8, 4) is 0 Å². The lowest BCUT2D eigenvalue weighted by atomic mass is 9.97. The van der Waals surface area contributed by atoms with E-state index in [1.54, 1.807) is 0 Å². The van der Waals surface area contributed by atoms with Crippen molar-refractivity contribution in [2.75, 3.05) is 53.4 Å². The van der Waals surface area contributed by atoms with Crippen LogP contribution in [0.2, 0.25) is 0 Å². The zero-order valence-electron chi connectivity index (χ0n) is 15.3. The van der Waals surface area contributed by atoms with E-state index < -0.39 is 0 Å². The maximum absolute atomic E-state index is 11.8. The van der Waals surface area contributed by atoms with Gasteiger partial charge in [-0.2, -0.15) is 0 Å². The number of ether oxygens (including phenoxy) is 1. The number of piperidine rings is 1. The van der Waals surface area contributed by atoms with Crippen molar-refractivity contribution in [1.29, 1.82) is 0 Å². The predicted molar refractivity (Wildman–Crippen MR) is 94.7 cm³/mol. The standard InChI is InChI=1S/C17H34N4O2/c1-5-7-11-20(4)14-10-19-17(18-3)21-12-8-15(9-13-21)16(22)23-6-2/h15H,5-14H2,1-4H3,(H,18,19). The monoisotopic (exact) mass is 326 g/mol. The first kappa shape index (κ1) is 19.7. The topological polar surface area (TPSA) is 57.2 Å². The van der Waals surface area contributed by atoms with Crippen molar-refractivity contribution >= 4 is 11.9 Å². The number of carbonyl (C=O) groups excluding carboxylic acids is 1. The van der Waals surface area contributed by atoms with E-state index in [9.17, 15) is 4.79 Å². The highest BCUT2D eigenvalue weighted by Gasteiger charge is 2.27. The smallest absolute Gasteiger partial charge is 0.309 e. The normalized spacial score (nSPS) is 16.7. The summed E-state index contributed by atoms with van der Waals surface area (Å²) in [7, 11) is 3.98. The first-order valence-electron chi connectivity index (χ1n) is 8.93. The first-order chi connectivity index (χ1) is 11.1. The van der Waals surface area contributed by atoms with E-state index in [0.717, 1.165) is 51.5 Å². The second kappa shape index (κ2) is 11.3. The van der Waals surface area contributed by atoms with Gasteiger partial charge < -0.3 is 19.9 Å². The predicted octanol–water partition coefficient (Wildman–Crippen LogP) is 1.57. The highest BCUT2D eigenvalue weighted by molar-refractivity contribution is 5.80. The Morgan fingerprint density at radius 2 is 2.00 bits per heavy atom. The molecular weight excluding hydrogens is 292 g/mol. The van der Waals surface area contributed by atoms with Gasteiger partial charge in [0.2, 0.25) is 0 Å². The SMILES string of the molecule is CCCCN(C)CCNC(=NC)N1CCC(C(=O)OCC)CC1. The second-order valence-electron chi connectivity index (χ2n) is 6.14. The lowest BCUT2D eigenvalue weighted by molar-refractivity contribution is -0.149. The van der Waals surface area contributed by atoms with E-state index in [4.69, 9.17) is 4.74 Å². The molecule has 0 unspecified atom stereocenters. The molecule has 0 aromatic heterocycles. The molecule has 1 N–H and O–H groups in total. The minimum absolute atomic E-state index is 0.0458. The summed E-state index contributed by atoms with van der Waals surface area (Å²) in [5.41, 5.74) is 0. The van der Waals surface area contributed by atoms with Gasteiger partial charge in [0.25, 0.3) is 0 Å². The third-order valence-electron chi connectivity index (χ3n) is 4.30. The van der Waals surface area contributed by atoms with Gasteiger partial charge in [-0.1, -0.05) is 13.3 Å². The Balaban J connectivity index is 2.30. The van der Waals surface area contributed by atoms with Crippen LogP contribution in [-0.2, 0) is 9.53 Å². The van der Waals surface area contributed by atoms with E-state index in [1.165, 1.54) is 12.8 Å². The zero-order valence-corrected chi connectivity index (χ0v) is 15.3. The summed E-state index contributed by atoms with van der Waals surface area (Å²) in [6, 6.07) is 0. The van der Waals surface area contributed by atoms with E-state index in [2.05, 4.69) is 34.1 Å². The number of esters is 1. The molecule has 0 atom stereocenters. The number of nitrogens with one attached hydrogen (secondary N) is 1. The number of likely N-dealkylation sites (tertiary alicyclic amines) is 1. The average molecular weight is 326 g/mol. The van der Waals surface area contributed by atoms with Gasteiger partial charge in [-0.3, -0.25) is 9.79 Å².